The van der Waals surface area contributed by atoms with Gasteiger partial charge in [-0.3, -0.25) is 9.59 Å². The number of unbranched alkanes of at least 4 members (excludes halogenated alkanes) is 2. The summed E-state index contributed by atoms with van der Waals surface area (Å²) in [6, 6.07) is 2.48. The number of aromatic nitrogens is 1. The quantitative estimate of drug-likeness (QED) is 0.765. The maximum atomic E-state index is 13.6. The van der Waals surface area contributed by atoms with Crippen molar-refractivity contribution in [2.45, 2.75) is 33.1 Å². The number of aliphatic hydroxyl groups is 1. The first-order chi connectivity index (χ1) is 11.5. The molecule has 2 aromatic rings. The number of carbonyl (C=O) groups excluding carboxylic acids is 1. The summed E-state index contributed by atoms with van der Waals surface area (Å²) in [5.41, 5.74) is 0.612. The summed E-state index contributed by atoms with van der Waals surface area (Å²) >= 11 is 0. The maximum absolute atomic E-state index is 13.6. The predicted octanol–water partition coefficient (Wildman–Crippen LogP) is 2.60. The number of aliphatic hydroxyl groups excluding tert-OH is 1. The van der Waals surface area contributed by atoms with Gasteiger partial charge in [0.05, 0.1) is 12.1 Å². The van der Waals surface area contributed by atoms with Crippen LogP contribution in [-0.2, 0) is 0 Å². The highest BCUT2D eigenvalue weighted by Crippen LogP contribution is 2.16. The van der Waals surface area contributed by atoms with Gasteiger partial charge in [-0.25, -0.2) is 4.39 Å². The second-order valence-electron chi connectivity index (χ2n) is 5.90. The number of H-pyrrole nitrogens is 1. The summed E-state index contributed by atoms with van der Waals surface area (Å²) in [4.78, 5) is 29.7. The lowest BCUT2D eigenvalue weighted by molar-refractivity contribution is 0.0717. The van der Waals surface area contributed by atoms with Gasteiger partial charge >= 0.3 is 0 Å². The summed E-state index contributed by atoms with van der Waals surface area (Å²) < 4.78 is 13.6. The van der Waals surface area contributed by atoms with E-state index in [9.17, 15) is 19.1 Å². The van der Waals surface area contributed by atoms with Crippen molar-refractivity contribution in [2.24, 2.45) is 0 Å². The Kier molecular flexibility index (Phi) is 6.09. The standard InChI is InChI=1S/C18H23FN2O3/c1-3-4-5-6-21(7-8-22)18(24)15-11-20-16-12(2)9-13(19)10-14(16)17(15)23/h9-11,22H,3-8H2,1-2H3,(H,20,23). The van der Waals surface area contributed by atoms with E-state index < -0.39 is 17.2 Å². The van der Waals surface area contributed by atoms with Gasteiger partial charge in [-0.05, 0) is 31.0 Å². The Hall–Kier alpha value is -2.21. The van der Waals surface area contributed by atoms with Crippen molar-refractivity contribution in [3.63, 3.8) is 0 Å². The van der Waals surface area contributed by atoms with Crippen molar-refractivity contribution in [1.29, 1.82) is 0 Å². The number of nitrogens with zero attached hydrogens (tertiary/aromatic N) is 1. The Morgan fingerprint density at radius 3 is 2.71 bits per heavy atom. The van der Waals surface area contributed by atoms with Gasteiger partial charge < -0.3 is 15.0 Å². The third-order valence-electron chi connectivity index (χ3n) is 4.07. The van der Waals surface area contributed by atoms with E-state index >= 15 is 0 Å². The molecule has 1 amide bonds. The van der Waals surface area contributed by atoms with Gasteiger partial charge in [-0.2, -0.15) is 0 Å². The van der Waals surface area contributed by atoms with Crippen LogP contribution < -0.4 is 5.43 Å². The molecule has 0 spiro atoms. The summed E-state index contributed by atoms with van der Waals surface area (Å²) in [6.07, 6.45) is 4.16. The number of halogens is 1. The highest BCUT2D eigenvalue weighted by molar-refractivity contribution is 5.97. The molecule has 0 atom stereocenters. The minimum atomic E-state index is -0.509. The molecule has 130 valence electrons. The van der Waals surface area contributed by atoms with E-state index in [-0.39, 0.29) is 24.1 Å². The summed E-state index contributed by atoms with van der Waals surface area (Å²) in [7, 11) is 0. The summed E-state index contributed by atoms with van der Waals surface area (Å²) in [5, 5.41) is 9.34. The van der Waals surface area contributed by atoms with Gasteiger partial charge in [0.15, 0.2) is 0 Å². The van der Waals surface area contributed by atoms with Crippen LogP contribution in [0.25, 0.3) is 10.9 Å². The van der Waals surface area contributed by atoms with Crippen LogP contribution >= 0.6 is 0 Å². The zero-order chi connectivity index (χ0) is 17.7. The SMILES string of the molecule is CCCCCN(CCO)C(=O)c1c[nH]c2c(C)cc(F)cc2c1=O. The van der Waals surface area contributed by atoms with E-state index in [0.29, 0.717) is 17.6 Å². The Morgan fingerprint density at radius 1 is 1.29 bits per heavy atom. The molecule has 0 radical (unpaired) electrons. The number of fused-ring (bicyclic) bond motifs is 1. The Morgan fingerprint density at radius 2 is 2.04 bits per heavy atom. The molecule has 0 saturated heterocycles. The molecule has 0 saturated carbocycles. The largest absolute Gasteiger partial charge is 0.395 e. The summed E-state index contributed by atoms with van der Waals surface area (Å²) in [5.74, 6) is -0.949. The number of pyridine rings is 1. The Labute approximate surface area is 140 Å². The van der Waals surface area contributed by atoms with E-state index in [1.165, 1.54) is 17.2 Å². The first kappa shape index (κ1) is 18.1. The Balaban J connectivity index is 2.40. The van der Waals surface area contributed by atoms with Crippen LogP contribution in [0.15, 0.2) is 23.1 Å². The number of aromatic amines is 1. The molecule has 5 nitrogen and oxygen atoms in total. The highest BCUT2D eigenvalue weighted by atomic mass is 19.1. The third kappa shape index (κ3) is 3.82. The van der Waals surface area contributed by atoms with Crippen LogP contribution in [0, 0.1) is 12.7 Å². The van der Waals surface area contributed by atoms with E-state index in [1.807, 2.05) is 0 Å². The van der Waals surface area contributed by atoms with Gasteiger partial charge in [0, 0.05) is 24.7 Å². The van der Waals surface area contributed by atoms with Crippen LogP contribution in [-0.4, -0.2) is 40.6 Å². The number of hydrogen-bond acceptors (Lipinski definition) is 3. The third-order valence-corrected chi connectivity index (χ3v) is 4.07. The van der Waals surface area contributed by atoms with Gasteiger partial charge in [0.2, 0.25) is 5.43 Å². The van der Waals surface area contributed by atoms with Crippen LogP contribution in [0.5, 0.6) is 0 Å². The second kappa shape index (κ2) is 8.06. The smallest absolute Gasteiger partial charge is 0.259 e. The molecule has 1 aromatic carbocycles. The molecule has 0 bridgehead atoms. The average Bonchev–Trinajstić information content (AvgIpc) is 2.54. The lowest BCUT2D eigenvalue weighted by atomic mass is 10.1. The molecule has 2 N–H and O–H groups in total. The topological polar surface area (TPSA) is 73.4 Å². The van der Waals surface area contributed by atoms with Crippen molar-refractivity contribution in [2.75, 3.05) is 19.7 Å². The monoisotopic (exact) mass is 334 g/mol. The van der Waals surface area contributed by atoms with E-state index in [2.05, 4.69) is 11.9 Å². The van der Waals surface area contributed by atoms with Gasteiger partial charge in [0.25, 0.3) is 5.91 Å². The zero-order valence-corrected chi connectivity index (χ0v) is 14.1. The maximum Gasteiger partial charge on any atom is 0.259 e. The molecule has 1 heterocycles. The fourth-order valence-corrected chi connectivity index (χ4v) is 2.79. The first-order valence-corrected chi connectivity index (χ1v) is 8.21. The van der Waals surface area contributed by atoms with Crippen molar-refractivity contribution in [1.82, 2.24) is 9.88 Å². The fourth-order valence-electron chi connectivity index (χ4n) is 2.79. The van der Waals surface area contributed by atoms with Gasteiger partial charge in [0.1, 0.15) is 11.4 Å². The number of amides is 1. The highest BCUT2D eigenvalue weighted by Gasteiger charge is 2.20. The Bertz CT molecular complexity index is 786. The molecule has 6 heteroatoms. The van der Waals surface area contributed by atoms with E-state index in [4.69, 9.17) is 0 Å². The lowest BCUT2D eigenvalue weighted by Crippen LogP contribution is -2.37. The number of hydrogen-bond donors (Lipinski definition) is 2. The normalized spacial score (nSPS) is 11.0. The molecule has 2 rings (SSSR count). The summed E-state index contributed by atoms with van der Waals surface area (Å²) in [6.45, 7) is 4.24. The average molecular weight is 334 g/mol. The first-order valence-electron chi connectivity index (χ1n) is 8.21. The van der Waals surface area contributed by atoms with Crippen LogP contribution in [0.4, 0.5) is 4.39 Å². The molecule has 0 aliphatic rings. The van der Waals surface area contributed by atoms with Crippen molar-refractivity contribution in [3.05, 3.63) is 45.5 Å². The van der Waals surface area contributed by atoms with Crippen LogP contribution in [0.2, 0.25) is 0 Å². The predicted molar refractivity (Wildman–Crippen MR) is 91.8 cm³/mol. The molecule has 1 aromatic heterocycles. The minimum Gasteiger partial charge on any atom is -0.395 e. The zero-order valence-electron chi connectivity index (χ0n) is 14.1. The fraction of sp³-hybridized carbons (Fsp3) is 0.444. The van der Waals surface area contributed by atoms with E-state index in [1.54, 1.807) is 6.92 Å². The van der Waals surface area contributed by atoms with Gasteiger partial charge in [-0.15, -0.1) is 0 Å². The van der Waals surface area contributed by atoms with Gasteiger partial charge in [-0.1, -0.05) is 19.8 Å². The van der Waals surface area contributed by atoms with Crippen LogP contribution in [0.3, 0.4) is 0 Å². The molecule has 0 fully saturated rings. The molecule has 0 unspecified atom stereocenters. The van der Waals surface area contributed by atoms with Crippen molar-refractivity contribution >= 4 is 16.8 Å². The number of aryl methyl sites for hydroxylation is 1. The number of rotatable bonds is 7. The number of benzene rings is 1. The van der Waals surface area contributed by atoms with Crippen molar-refractivity contribution in [3.8, 4) is 0 Å². The van der Waals surface area contributed by atoms with Crippen molar-refractivity contribution < 1.29 is 14.3 Å². The molecular formula is C18H23FN2O3. The molecule has 0 aliphatic carbocycles. The second-order valence-corrected chi connectivity index (χ2v) is 5.90. The number of carbonyl (C=O) groups is 1. The molecule has 0 aliphatic heterocycles. The molecule has 24 heavy (non-hydrogen) atoms. The number of nitrogens with one attached hydrogen (secondary N) is 1. The lowest BCUT2D eigenvalue weighted by Gasteiger charge is -2.21. The minimum absolute atomic E-state index is 0.0301. The molecular weight excluding hydrogens is 311 g/mol. The van der Waals surface area contributed by atoms with E-state index in [0.717, 1.165) is 25.3 Å². The van der Waals surface area contributed by atoms with Crippen LogP contribution in [0.1, 0.15) is 42.1 Å².